The molecule has 0 spiro atoms. The maximum atomic E-state index is 11.8. The number of benzene rings is 1. The molecule has 8 heteroatoms. The van der Waals surface area contributed by atoms with Crippen molar-refractivity contribution in [2.24, 2.45) is 0 Å². The monoisotopic (exact) mass is 311 g/mol. The molecule has 0 saturated carbocycles. The summed E-state index contributed by atoms with van der Waals surface area (Å²) in [6, 6.07) is 3.68. The Morgan fingerprint density at radius 3 is 2.81 bits per heavy atom. The van der Waals surface area contributed by atoms with Crippen LogP contribution in [0.1, 0.15) is 18.9 Å². The number of carbonyl (C=O) groups excluding carboxylic acids is 2. The van der Waals surface area contributed by atoms with Crippen molar-refractivity contribution in [3.8, 4) is 0 Å². The van der Waals surface area contributed by atoms with Crippen molar-refractivity contribution in [2.75, 3.05) is 6.54 Å². The first kappa shape index (κ1) is 15.4. The van der Waals surface area contributed by atoms with Gasteiger partial charge in [-0.05, 0) is 18.1 Å². The Labute approximate surface area is 126 Å². The highest BCUT2D eigenvalue weighted by molar-refractivity contribution is 6.31. The number of nitro benzene ring substituents is 1. The molecule has 1 N–H and O–H groups in total. The average molecular weight is 312 g/mol. The van der Waals surface area contributed by atoms with Gasteiger partial charge in [0.2, 0.25) is 11.8 Å². The molecule has 0 radical (unpaired) electrons. The van der Waals surface area contributed by atoms with Gasteiger partial charge < -0.3 is 0 Å². The van der Waals surface area contributed by atoms with Gasteiger partial charge in [0.05, 0.1) is 17.5 Å². The van der Waals surface area contributed by atoms with Crippen molar-refractivity contribution >= 4 is 29.1 Å². The van der Waals surface area contributed by atoms with Gasteiger partial charge in [-0.25, -0.2) is 0 Å². The smallest absolute Gasteiger partial charge is 0.269 e. The van der Waals surface area contributed by atoms with Gasteiger partial charge in [0.25, 0.3) is 5.69 Å². The molecule has 7 nitrogen and oxygen atoms in total. The number of carbonyl (C=O) groups is 2. The number of hydrogen-bond donors (Lipinski definition) is 1. The molecule has 0 bridgehead atoms. The number of piperazine rings is 1. The largest absolute Gasteiger partial charge is 0.294 e. The summed E-state index contributed by atoms with van der Waals surface area (Å²) in [4.78, 5) is 35.2. The van der Waals surface area contributed by atoms with Crippen LogP contribution in [0, 0.1) is 10.1 Å². The van der Waals surface area contributed by atoms with E-state index < -0.39 is 11.0 Å². The molecule has 1 unspecified atom stereocenters. The lowest BCUT2D eigenvalue weighted by molar-refractivity contribution is -0.384. The van der Waals surface area contributed by atoms with Gasteiger partial charge in [-0.3, -0.25) is 29.9 Å². The second-order valence-electron chi connectivity index (χ2n) is 4.77. The summed E-state index contributed by atoms with van der Waals surface area (Å²) < 4.78 is 0. The summed E-state index contributed by atoms with van der Waals surface area (Å²) in [7, 11) is 0. The fourth-order valence-corrected chi connectivity index (χ4v) is 2.52. The van der Waals surface area contributed by atoms with Gasteiger partial charge in [-0.15, -0.1) is 0 Å². The van der Waals surface area contributed by atoms with Crippen LogP contribution in [0.4, 0.5) is 5.69 Å². The number of imide groups is 1. The van der Waals surface area contributed by atoms with Gasteiger partial charge >= 0.3 is 0 Å². The van der Waals surface area contributed by atoms with E-state index in [9.17, 15) is 19.7 Å². The van der Waals surface area contributed by atoms with Crippen molar-refractivity contribution in [2.45, 2.75) is 25.9 Å². The second kappa shape index (κ2) is 6.19. The van der Waals surface area contributed by atoms with Crippen LogP contribution in [0.15, 0.2) is 18.2 Å². The van der Waals surface area contributed by atoms with Gasteiger partial charge in [0.15, 0.2) is 0 Å². The lowest BCUT2D eigenvalue weighted by Crippen LogP contribution is -2.57. The molecule has 1 fully saturated rings. The quantitative estimate of drug-likeness (QED) is 0.516. The van der Waals surface area contributed by atoms with E-state index in [1.54, 1.807) is 4.90 Å². The maximum Gasteiger partial charge on any atom is 0.269 e. The molecule has 0 aromatic heterocycles. The molecule has 1 atom stereocenters. The Balaban J connectivity index is 2.27. The highest BCUT2D eigenvalue weighted by Gasteiger charge is 2.32. The predicted molar refractivity (Wildman–Crippen MR) is 75.7 cm³/mol. The van der Waals surface area contributed by atoms with Gasteiger partial charge in [0.1, 0.15) is 0 Å². The molecule has 1 aromatic carbocycles. The minimum atomic E-state index is -0.509. The molecule has 0 aliphatic carbocycles. The minimum absolute atomic E-state index is 0.0588. The van der Waals surface area contributed by atoms with E-state index in [1.807, 2.05) is 6.92 Å². The maximum absolute atomic E-state index is 11.8. The number of rotatable bonds is 4. The number of halogens is 1. The first-order valence-corrected chi connectivity index (χ1v) is 6.80. The number of nitrogens with zero attached hydrogens (tertiary/aromatic N) is 2. The lowest BCUT2D eigenvalue weighted by Gasteiger charge is -2.33. The van der Waals surface area contributed by atoms with Crippen molar-refractivity contribution in [1.29, 1.82) is 0 Å². The van der Waals surface area contributed by atoms with Crippen LogP contribution >= 0.6 is 11.6 Å². The molecule has 2 amide bonds. The topological polar surface area (TPSA) is 92.6 Å². The number of nitro groups is 1. The Hall–Kier alpha value is -1.99. The molecule has 1 aromatic rings. The minimum Gasteiger partial charge on any atom is -0.294 e. The third kappa shape index (κ3) is 3.37. The molecular formula is C13H14ClN3O4. The third-order valence-corrected chi connectivity index (χ3v) is 3.72. The Kier molecular flexibility index (Phi) is 4.54. The summed E-state index contributed by atoms with van der Waals surface area (Å²) in [5.41, 5.74) is 0.446. The Morgan fingerprint density at radius 1 is 1.48 bits per heavy atom. The lowest BCUT2D eigenvalue weighted by atomic mass is 10.1. The highest BCUT2D eigenvalue weighted by Crippen LogP contribution is 2.25. The normalized spacial score (nSPS) is 19.4. The molecule has 1 saturated heterocycles. The number of hydrogen-bond acceptors (Lipinski definition) is 5. The summed E-state index contributed by atoms with van der Waals surface area (Å²) in [5, 5.41) is 13.5. The van der Waals surface area contributed by atoms with Gasteiger partial charge in [0, 0.05) is 23.7 Å². The van der Waals surface area contributed by atoms with E-state index in [2.05, 4.69) is 5.32 Å². The second-order valence-corrected chi connectivity index (χ2v) is 5.18. The number of non-ortho nitro benzene ring substituents is 1. The SMILES string of the molecule is CCC1C(=O)NC(=O)CN1Cc1cc([N+](=O)[O-])ccc1Cl. The molecule has 1 aliphatic rings. The molecule has 1 aliphatic heterocycles. The highest BCUT2D eigenvalue weighted by atomic mass is 35.5. The fraction of sp³-hybridized carbons (Fsp3) is 0.385. The Morgan fingerprint density at radius 2 is 2.19 bits per heavy atom. The summed E-state index contributed by atoms with van der Waals surface area (Å²) in [5.74, 6) is -0.735. The van der Waals surface area contributed by atoms with Crippen molar-refractivity contribution in [3.05, 3.63) is 38.9 Å². The van der Waals surface area contributed by atoms with E-state index >= 15 is 0 Å². The molecule has 2 rings (SSSR count). The van der Waals surface area contributed by atoms with E-state index in [-0.39, 0.29) is 30.6 Å². The predicted octanol–water partition coefficient (Wildman–Crippen LogP) is 1.49. The van der Waals surface area contributed by atoms with E-state index in [1.165, 1.54) is 18.2 Å². The zero-order chi connectivity index (χ0) is 15.6. The van der Waals surface area contributed by atoms with Gasteiger partial charge in [-0.1, -0.05) is 18.5 Å². The summed E-state index contributed by atoms with van der Waals surface area (Å²) in [6.45, 7) is 2.10. The van der Waals surface area contributed by atoms with Crippen LogP contribution < -0.4 is 5.32 Å². The third-order valence-electron chi connectivity index (χ3n) is 3.35. The van der Waals surface area contributed by atoms with E-state index in [0.29, 0.717) is 17.0 Å². The van der Waals surface area contributed by atoms with E-state index in [0.717, 1.165) is 0 Å². The summed E-state index contributed by atoms with van der Waals surface area (Å²) in [6.07, 6.45) is 0.533. The number of amides is 2. The first-order chi connectivity index (χ1) is 9.92. The fourth-order valence-electron chi connectivity index (χ4n) is 2.35. The van der Waals surface area contributed by atoms with Crippen LogP contribution in [-0.4, -0.2) is 34.2 Å². The van der Waals surface area contributed by atoms with Crippen LogP contribution in [0.5, 0.6) is 0 Å². The van der Waals surface area contributed by atoms with Crippen LogP contribution in [-0.2, 0) is 16.1 Å². The number of nitrogens with one attached hydrogen (secondary N) is 1. The standard InChI is InChI=1S/C13H14ClN3O4/c1-2-11-13(19)15-12(18)7-16(11)6-8-5-9(17(20)21)3-4-10(8)14/h3-5,11H,2,6-7H2,1H3,(H,15,18,19). The molecular weight excluding hydrogens is 298 g/mol. The van der Waals surface area contributed by atoms with Crippen LogP contribution in [0.25, 0.3) is 0 Å². The van der Waals surface area contributed by atoms with Gasteiger partial charge in [-0.2, -0.15) is 0 Å². The zero-order valence-electron chi connectivity index (χ0n) is 11.3. The van der Waals surface area contributed by atoms with Crippen LogP contribution in [0.3, 0.4) is 0 Å². The first-order valence-electron chi connectivity index (χ1n) is 6.43. The molecule has 112 valence electrons. The van der Waals surface area contributed by atoms with Crippen molar-refractivity contribution in [1.82, 2.24) is 10.2 Å². The van der Waals surface area contributed by atoms with Crippen molar-refractivity contribution < 1.29 is 14.5 Å². The van der Waals surface area contributed by atoms with Crippen LogP contribution in [0.2, 0.25) is 5.02 Å². The van der Waals surface area contributed by atoms with E-state index in [4.69, 9.17) is 11.6 Å². The van der Waals surface area contributed by atoms with Crippen molar-refractivity contribution in [3.63, 3.8) is 0 Å². The zero-order valence-corrected chi connectivity index (χ0v) is 12.1. The summed E-state index contributed by atoms with van der Waals surface area (Å²) >= 11 is 6.05. The Bertz CT molecular complexity index is 605. The molecule has 1 heterocycles. The molecule has 21 heavy (non-hydrogen) atoms. The average Bonchev–Trinajstić information content (AvgIpc) is 2.40.